The highest BCUT2D eigenvalue weighted by Crippen LogP contribution is 2.24. The number of carbonyl (C=O) groups excluding carboxylic acids is 2. The van der Waals surface area contributed by atoms with Crippen molar-refractivity contribution >= 4 is 23.2 Å². The molecule has 1 aliphatic rings. The van der Waals surface area contributed by atoms with Gasteiger partial charge < -0.3 is 10.2 Å². The Labute approximate surface area is 167 Å². The van der Waals surface area contributed by atoms with Crippen LogP contribution in [0.1, 0.15) is 39.0 Å². The van der Waals surface area contributed by atoms with Crippen LogP contribution in [0.25, 0.3) is 0 Å². The zero-order valence-corrected chi connectivity index (χ0v) is 16.5. The number of aryl methyl sites for hydroxylation is 1. The largest absolute Gasteiger partial charge is 0.351 e. The first-order valence-electron chi connectivity index (χ1n) is 9.27. The van der Waals surface area contributed by atoms with Crippen LogP contribution < -0.4 is 5.32 Å². The lowest BCUT2D eigenvalue weighted by Crippen LogP contribution is -2.42. The molecule has 0 fully saturated rings. The number of aromatic nitrogens is 2. The third-order valence-electron chi connectivity index (χ3n) is 4.90. The predicted octanol–water partition coefficient (Wildman–Crippen LogP) is 3.16. The van der Waals surface area contributed by atoms with E-state index in [1.165, 1.54) is 0 Å². The van der Waals surface area contributed by atoms with Gasteiger partial charge in [0.2, 0.25) is 5.91 Å². The van der Waals surface area contributed by atoms with Gasteiger partial charge >= 0.3 is 0 Å². The van der Waals surface area contributed by atoms with E-state index in [4.69, 9.17) is 0 Å². The molecule has 144 valence electrons. The summed E-state index contributed by atoms with van der Waals surface area (Å²) >= 11 is 1.62. The molecule has 3 heterocycles. The molecule has 4 rings (SSSR count). The lowest BCUT2D eigenvalue weighted by molar-refractivity contribution is -0.122. The predicted molar refractivity (Wildman–Crippen MR) is 108 cm³/mol. The summed E-state index contributed by atoms with van der Waals surface area (Å²) in [4.78, 5) is 28.4. The van der Waals surface area contributed by atoms with Crippen molar-refractivity contribution in [3.63, 3.8) is 0 Å². The van der Waals surface area contributed by atoms with Gasteiger partial charge in [0.15, 0.2) is 0 Å². The molecule has 0 saturated carbocycles. The summed E-state index contributed by atoms with van der Waals surface area (Å²) in [6.45, 7) is 3.47. The zero-order valence-electron chi connectivity index (χ0n) is 15.7. The maximum absolute atomic E-state index is 13.0. The van der Waals surface area contributed by atoms with Crippen molar-refractivity contribution in [1.29, 1.82) is 0 Å². The summed E-state index contributed by atoms with van der Waals surface area (Å²) in [5, 5.41) is 9.34. The van der Waals surface area contributed by atoms with Crippen molar-refractivity contribution in [3.8, 4) is 0 Å². The number of rotatable bonds is 5. The van der Waals surface area contributed by atoms with Crippen LogP contribution in [0.3, 0.4) is 0 Å². The first-order valence-corrected chi connectivity index (χ1v) is 10.2. The van der Waals surface area contributed by atoms with Crippen LogP contribution in [0.5, 0.6) is 0 Å². The van der Waals surface area contributed by atoms with Crippen molar-refractivity contribution in [3.05, 3.63) is 75.7 Å². The third-order valence-corrected chi connectivity index (χ3v) is 5.77. The normalized spacial score (nSPS) is 15.9. The van der Waals surface area contributed by atoms with Gasteiger partial charge in [0.05, 0.1) is 31.2 Å². The molecule has 7 heteroatoms. The summed E-state index contributed by atoms with van der Waals surface area (Å²) in [6, 6.07) is 13.3. The Morgan fingerprint density at radius 1 is 1.25 bits per heavy atom. The molecule has 0 spiro atoms. The van der Waals surface area contributed by atoms with E-state index in [1.807, 2.05) is 64.4 Å². The van der Waals surface area contributed by atoms with E-state index in [0.29, 0.717) is 25.2 Å². The molecule has 3 aromatic rings. The van der Waals surface area contributed by atoms with E-state index in [-0.39, 0.29) is 24.3 Å². The van der Waals surface area contributed by atoms with Crippen LogP contribution in [0.2, 0.25) is 0 Å². The number of nitrogens with one attached hydrogen (secondary N) is 1. The van der Waals surface area contributed by atoms with E-state index in [9.17, 15) is 9.59 Å². The van der Waals surface area contributed by atoms with Gasteiger partial charge in [-0.3, -0.25) is 14.3 Å². The Kier molecular flexibility index (Phi) is 5.25. The molecule has 0 aliphatic carbocycles. The topological polar surface area (TPSA) is 67.2 Å². The lowest BCUT2D eigenvalue weighted by atomic mass is 10.1. The van der Waals surface area contributed by atoms with E-state index < -0.39 is 0 Å². The van der Waals surface area contributed by atoms with Crippen LogP contribution in [0, 0.1) is 6.92 Å². The van der Waals surface area contributed by atoms with E-state index in [1.54, 1.807) is 17.5 Å². The fraction of sp³-hybridized carbons (Fsp3) is 0.286. The van der Waals surface area contributed by atoms with Gasteiger partial charge in [-0.2, -0.15) is 5.10 Å². The highest BCUT2D eigenvalue weighted by Gasteiger charge is 2.30. The molecule has 28 heavy (non-hydrogen) atoms. The molecule has 1 N–H and O–H groups in total. The fourth-order valence-corrected chi connectivity index (χ4v) is 4.18. The summed E-state index contributed by atoms with van der Waals surface area (Å²) < 4.78 is 1.88. The summed E-state index contributed by atoms with van der Waals surface area (Å²) in [7, 11) is 0. The van der Waals surface area contributed by atoms with Gasteiger partial charge in [0, 0.05) is 23.2 Å². The van der Waals surface area contributed by atoms with Crippen molar-refractivity contribution in [1.82, 2.24) is 20.0 Å². The van der Waals surface area contributed by atoms with Crippen LogP contribution in [-0.2, 0) is 17.9 Å². The molecule has 2 amide bonds. The zero-order chi connectivity index (χ0) is 19.5. The molecule has 0 bridgehead atoms. The summed E-state index contributed by atoms with van der Waals surface area (Å²) in [5.41, 5.74) is 2.68. The number of hydrogen-bond acceptors (Lipinski definition) is 4. The molecule has 0 saturated heterocycles. The first kappa shape index (κ1) is 18.4. The van der Waals surface area contributed by atoms with Crippen molar-refractivity contribution in [2.75, 3.05) is 6.54 Å². The molecule has 6 nitrogen and oxygen atoms in total. The summed E-state index contributed by atoms with van der Waals surface area (Å²) in [5.74, 6) is -0.0511. The Balaban J connectivity index is 1.46. The van der Waals surface area contributed by atoms with Crippen LogP contribution in [0.4, 0.5) is 0 Å². The van der Waals surface area contributed by atoms with Gasteiger partial charge in [-0.1, -0.05) is 23.8 Å². The third kappa shape index (κ3) is 3.99. The number of thiophene rings is 1. The molecular weight excluding hydrogens is 372 g/mol. The van der Waals surface area contributed by atoms with E-state index in [0.717, 1.165) is 16.1 Å². The molecule has 2 aromatic heterocycles. The van der Waals surface area contributed by atoms with Crippen molar-refractivity contribution in [2.24, 2.45) is 0 Å². The lowest BCUT2D eigenvalue weighted by Gasteiger charge is -2.33. The smallest absolute Gasteiger partial charge is 0.254 e. The second kappa shape index (κ2) is 7.98. The Bertz CT molecular complexity index is 980. The Morgan fingerprint density at radius 2 is 2.14 bits per heavy atom. The number of fused-ring (bicyclic) bond motifs is 1. The number of amides is 2. The van der Waals surface area contributed by atoms with Gasteiger partial charge in [-0.05, 0) is 36.6 Å². The number of benzene rings is 1. The van der Waals surface area contributed by atoms with Crippen LogP contribution in [0.15, 0.2) is 54.0 Å². The van der Waals surface area contributed by atoms with Gasteiger partial charge in [0.25, 0.3) is 5.91 Å². The standard InChI is InChI=1S/C21H22N4O2S/c1-15-4-2-5-16(10-15)21(27)24-13-17-7-8-23-25(17)18(14-24)11-20(26)22-12-19-6-3-9-28-19/h2-10,18H,11-14H2,1H3,(H,22,26)/t18-/m1/s1. The van der Waals surface area contributed by atoms with Crippen LogP contribution >= 0.6 is 11.3 Å². The first-order chi connectivity index (χ1) is 13.6. The summed E-state index contributed by atoms with van der Waals surface area (Å²) in [6.07, 6.45) is 2.02. The average Bonchev–Trinajstić information content (AvgIpc) is 3.37. The molecule has 1 atom stereocenters. The van der Waals surface area contributed by atoms with Gasteiger partial charge in [-0.25, -0.2) is 0 Å². The van der Waals surface area contributed by atoms with E-state index in [2.05, 4.69) is 10.4 Å². The molecular formula is C21H22N4O2S. The van der Waals surface area contributed by atoms with E-state index >= 15 is 0 Å². The van der Waals surface area contributed by atoms with Gasteiger partial charge in [0.1, 0.15) is 0 Å². The maximum atomic E-state index is 13.0. The average molecular weight is 395 g/mol. The Morgan fingerprint density at radius 3 is 2.93 bits per heavy atom. The highest BCUT2D eigenvalue weighted by atomic mass is 32.1. The quantitative estimate of drug-likeness (QED) is 0.723. The SMILES string of the molecule is Cc1cccc(C(=O)N2Cc3ccnn3[C@H](CC(=O)NCc3cccs3)C2)c1. The minimum Gasteiger partial charge on any atom is -0.351 e. The number of hydrogen-bond donors (Lipinski definition) is 1. The maximum Gasteiger partial charge on any atom is 0.254 e. The monoisotopic (exact) mass is 394 g/mol. The van der Waals surface area contributed by atoms with Gasteiger partial charge in [-0.15, -0.1) is 11.3 Å². The second-order valence-electron chi connectivity index (χ2n) is 7.04. The molecule has 1 aromatic carbocycles. The molecule has 1 aliphatic heterocycles. The molecule has 0 unspecified atom stereocenters. The number of carbonyl (C=O) groups is 2. The fourth-order valence-electron chi connectivity index (χ4n) is 3.54. The second-order valence-corrected chi connectivity index (χ2v) is 8.07. The minimum absolute atomic E-state index is 0.0138. The Hall–Kier alpha value is -2.93. The number of nitrogens with zero attached hydrogens (tertiary/aromatic N) is 3. The highest BCUT2D eigenvalue weighted by molar-refractivity contribution is 7.09. The van der Waals surface area contributed by atoms with Crippen LogP contribution in [-0.4, -0.2) is 33.0 Å². The minimum atomic E-state index is -0.171. The molecule has 0 radical (unpaired) electrons. The van der Waals surface area contributed by atoms with Crippen molar-refractivity contribution < 1.29 is 9.59 Å². The van der Waals surface area contributed by atoms with Crippen molar-refractivity contribution in [2.45, 2.75) is 32.5 Å².